The fourth-order valence-electron chi connectivity index (χ4n) is 1.76. The molecule has 0 radical (unpaired) electrons. The number of rotatable bonds is 1. The third-order valence-electron chi connectivity index (χ3n) is 2.57. The third kappa shape index (κ3) is 1.89. The van der Waals surface area contributed by atoms with Crippen molar-refractivity contribution in [2.75, 3.05) is 0 Å². The highest BCUT2D eigenvalue weighted by Gasteiger charge is 2.04. The fourth-order valence-corrected chi connectivity index (χ4v) is 1.92. The number of fused-ring (bicyclic) bond motifs is 1. The van der Waals surface area contributed by atoms with Gasteiger partial charge < -0.3 is 0 Å². The summed E-state index contributed by atoms with van der Waals surface area (Å²) >= 11 is 5.92. The molecule has 0 fully saturated rings. The summed E-state index contributed by atoms with van der Waals surface area (Å²) in [5.74, 6) is 0. The zero-order valence-corrected chi connectivity index (χ0v) is 10.0. The maximum absolute atomic E-state index is 5.92. The molecule has 0 spiro atoms. The van der Waals surface area contributed by atoms with Crippen molar-refractivity contribution in [3.05, 3.63) is 53.1 Å². The van der Waals surface area contributed by atoms with Crippen molar-refractivity contribution in [1.29, 1.82) is 0 Å². The Morgan fingerprint density at radius 3 is 2.65 bits per heavy atom. The van der Waals surface area contributed by atoms with E-state index in [1.54, 1.807) is 4.80 Å². The van der Waals surface area contributed by atoms with Gasteiger partial charge in [-0.25, -0.2) is 0 Å². The first-order chi connectivity index (χ1) is 8.22. The summed E-state index contributed by atoms with van der Waals surface area (Å²) < 4.78 is 0. The second-order valence-corrected chi connectivity index (χ2v) is 4.40. The molecule has 0 atom stereocenters. The number of hydrogen-bond donors (Lipinski definition) is 0. The van der Waals surface area contributed by atoms with E-state index in [9.17, 15) is 0 Å². The quantitative estimate of drug-likeness (QED) is 0.656. The summed E-state index contributed by atoms with van der Waals surface area (Å²) in [7, 11) is 0. The maximum atomic E-state index is 5.92. The molecule has 1 aromatic heterocycles. The number of hydrogen-bond acceptors (Lipinski definition) is 2. The van der Waals surface area contributed by atoms with Gasteiger partial charge in [0, 0.05) is 5.02 Å². The third-order valence-corrected chi connectivity index (χ3v) is 2.81. The van der Waals surface area contributed by atoms with Gasteiger partial charge in [-0.15, -0.1) is 10.2 Å². The molecule has 0 aliphatic heterocycles. The molecule has 84 valence electrons. The maximum Gasteiger partial charge on any atom is 0.115 e. The van der Waals surface area contributed by atoms with E-state index in [-0.39, 0.29) is 0 Å². The van der Waals surface area contributed by atoms with E-state index in [1.807, 2.05) is 49.4 Å². The van der Waals surface area contributed by atoms with Gasteiger partial charge in [-0.05, 0) is 42.8 Å². The van der Waals surface area contributed by atoms with Gasteiger partial charge in [0.15, 0.2) is 0 Å². The summed E-state index contributed by atoms with van der Waals surface area (Å²) in [4.78, 5) is 1.63. The van der Waals surface area contributed by atoms with Crippen LogP contribution in [0.4, 0.5) is 0 Å². The highest BCUT2D eigenvalue weighted by atomic mass is 35.5. The Balaban J connectivity index is 2.18. The molecule has 2 aromatic carbocycles. The Morgan fingerprint density at radius 1 is 1.00 bits per heavy atom. The van der Waals surface area contributed by atoms with Gasteiger partial charge in [0.2, 0.25) is 0 Å². The zero-order chi connectivity index (χ0) is 11.8. The van der Waals surface area contributed by atoms with Crippen LogP contribution in [0.1, 0.15) is 5.56 Å². The largest absolute Gasteiger partial charge is 0.150 e. The molecule has 3 aromatic rings. The summed E-state index contributed by atoms with van der Waals surface area (Å²) in [5, 5.41) is 9.49. The molecule has 1 heterocycles. The standard InChI is InChI=1S/C13H10ClN3/c1-9-3-2-4-11(7-9)17-15-12-6-5-10(14)8-13(12)16-17/h2-8H,1H3. The van der Waals surface area contributed by atoms with Gasteiger partial charge in [-0.3, -0.25) is 0 Å². The first-order valence-corrected chi connectivity index (χ1v) is 5.70. The number of aromatic nitrogens is 3. The van der Waals surface area contributed by atoms with Crippen LogP contribution in [-0.2, 0) is 0 Å². The van der Waals surface area contributed by atoms with Gasteiger partial charge in [0.25, 0.3) is 0 Å². The van der Waals surface area contributed by atoms with Gasteiger partial charge in [-0.2, -0.15) is 4.80 Å². The van der Waals surface area contributed by atoms with Crippen LogP contribution in [-0.4, -0.2) is 15.0 Å². The van der Waals surface area contributed by atoms with Crippen LogP contribution < -0.4 is 0 Å². The van der Waals surface area contributed by atoms with Crippen LogP contribution in [0.3, 0.4) is 0 Å². The molecule has 0 aliphatic rings. The van der Waals surface area contributed by atoms with Crippen molar-refractivity contribution in [2.45, 2.75) is 6.92 Å². The Hall–Kier alpha value is -1.87. The molecule has 3 rings (SSSR count). The first-order valence-electron chi connectivity index (χ1n) is 5.32. The molecule has 0 amide bonds. The molecule has 0 unspecified atom stereocenters. The van der Waals surface area contributed by atoms with Crippen LogP contribution in [0.2, 0.25) is 5.02 Å². The van der Waals surface area contributed by atoms with Gasteiger partial charge in [-0.1, -0.05) is 23.7 Å². The van der Waals surface area contributed by atoms with Crippen molar-refractivity contribution < 1.29 is 0 Å². The average Bonchev–Trinajstić information content (AvgIpc) is 2.72. The topological polar surface area (TPSA) is 30.7 Å². The molecule has 0 bridgehead atoms. The number of benzene rings is 2. The van der Waals surface area contributed by atoms with E-state index >= 15 is 0 Å². The lowest BCUT2D eigenvalue weighted by Gasteiger charge is -1.99. The van der Waals surface area contributed by atoms with Gasteiger partial charge in [0.1, 0.15) is 11.0 Å². The lowest BCUT2D eigenvalue weighted by atomic mass is 10.2. The highest BCUT2D eigenvalue weighted by molar-refractivity contribution is 6.31. The molecule has 0 saturated carbocycles. The number of nitrogens with zero attached hydrogens (tertiary/aromatic N) is 3. The van der Waals surface area contributed by atoms with E-state index in [2.05, 4.69) is 10.2 Å². The van der Waals surface area contributed by atoms with E-state index in [4.69, 9.17) is 11.6 Å². The van der Waals surface area contributed by atoms with Crippen molar-refractivity contribution in [3.8, 4) is 5.69 Å². The van der Waals surface area contributed by atoms with Crippen LogP contribution in [0, 0.1) is 6.92 Å². The summed E-state index contributed by atoms with van der Waals surface area (Å²) in [5.41, 5.74) is 3.79. The molecule has 0 N–H and O–H groups in total. The van der Waals surface area contributed by atoms with Crippen LogP contribution in [0.25, 0.3) is 16.7 Å². The van der Waals surface area contributed by atoms with Crippen LogP contribution >= 0.6 is 11.6 Å². The normalized spacial score (nSPS) is 10.9. The second kappa shape index (κ2) is 3.86. The van der Waals surface area contributed by atoms with E-state index in [1.165, 1.54) is 5.56 Å². The zero-order valence-electron chi connectivity index (χ0n) is 9.26. The lowest BCUT2D eigenvalue weighted by Crippen LogP contribution is -1.98. The predicted molar refractivity (Wildman–Crippen MR) is 68.6 cm³/mol. The number of aryl methyl sites for hydroxylation is 1. The molecule has 0 saturated heterocycles. The van der Waals surface area contributed by atoms with Crippen molar-refractivity contribution >= 4 is 22.6 Å². The molecule has 17 heavy (non-hydrogen) atoms. The van der Waals surface area contributed by atoms with Crippen LogP contribution in [0.5, 0.6) is 0 Å². The Labute approximate surface area is 104 Å². The summed E-state index contributed by atoms with van der Waals surface area (Å²) in [6.07, 6.45) is 0. The minimum absolute atomic E-state index is 0.675. The molecule has 4 heteroatoms. The molecular formula is C13H10ClN3. The van der Waals surface area contributed by atoms with Gasteiger partial charge in [0.05, 0.1) is 5.69 Å². The van der Waals surface area contributed by atoms with E-state index in [0.29, 0.717) is 5.02 Å². The smallest absolute Gasteiger partial charge is 0.115 e. The van der Waals surface area contributed by atoms with Gasteiger partial charge >= 0.3 is 0 Å². The Kier molecular flexibility index (Phi) is 2.34. The molecular weight excluding hydrogens is 234 g/mol. The fraction of sp³-hybridized carbons (Fsp3) is 0.0769. The van der Waals surface area contributed by atoms with E-state index in [0.717, 1.165) is 16.7 Å². The van der Waals surface area contributed by atoms with Crippen molar-refractivity contribution in [3.63, 3.8) is 0 Å². The molecule has 3 nitrogen and oxygen atoms in total. The monoisotopic (exact) mass is 243 g/mol. The minimum atomic E-state index is 0.675. The van der Waals surface area contributed by atoms with E-state index < -0.39 is 0 Å². The lowest BCUT2D eigenvalue weighted by molar-refractivity contribution is 0.765. The summed E-state index contributed by atoms with van der Waals surface area (Å²) in [6.45, 7) is 2.05. The predicted octanol–water partition coefficient (Wildman–Crippen LogP) is 3.38. The number of halogens is 1. The van der Waals surface area contributed by atoms with Crippen molar-refractivity contribution in [2.24, 2.45) is 0 Å². The Bertz CT molecular complexity index is 688. The summed E-state index contributed by atoms with van der Waals surface area (Å²) in [6, 6.07) is 13.6. The average molecular weight is 244 g/mol. The molecule has 0 aliphatic carbocycles. The minimum Gasteiger partial charge on any atom is -0.150 e. The Morgan fingerprint density at radius 2 is 1.82 bits per heavy atom. The second-order valence-electron chi connectivity index (χ2n) is 3.96. The SMILES string of the molecule is Cc1cccc(-n2nc3ccc(Cl)cc3n2)c1. The van der Waals surface area contributed by atoms with Crippen molar-refractivity contribution in [1.82, 2.24) is 15.0 Å². The van der Waals surface area contributed by atoms with Crippen LogP contribution in [0.15, 0.2) is 42.5 Å². The highest BCUT2D eigenvalue weighted by Crippen LogP contribution is 2.17. The first kappa shape index (κ1) is 10.3.